The largest absolute Gasteiger partial charge is 0.288 e. The molecular weight excluding hydrogens is 315 g/mol. The van der Waals surface area contributed by atoms with E-state index in [2.05, 4.69) is 10.1 Å². The first kappa shape index (κ1) is 14.8. The zero-order valence-electron chi connectivity index (χ0n) is 11.7. The molecule has 0 aliphatic rings. The van der Waals surface area contributed by atoms with Gasteiger partial charge in [0.25, 0.3) is 0 Å². The van der Waals surface area contributed by atoms with Crippen LogP contribution in [0.1, 0.15) is 15.9 Å². The number of benzene rings is 1. The Hall–Kier alpha value is -3.11. The van der Waals surface area contributed by atoms with Gasteiger partial charge in [0, 0.05) is 10.9 Å². The molecule has 112 valence electrons. The van der Waals surface area contributed by atoms with Gasteiger partial charge in [-0.25, -0.2) is 14.1 Å². The van der Waals surface area contributed by atoms with Gasteiger partial charge < -0.3 is 0 Å². The first-order chi connectivity index (χ1) is 11.2. The van der Waals surface area contributed by atoms with Crippen LogP contribution in [0.4, 0.5) is 4.39 Å². The number of nitrogens with zero attached hydrogens (tertiary/aromatic N) is 4. The second kappa shape index (κ2) is 6.34. The number of hydrogen-bond donors (Lipinski definition) is 0. The van der Waals surface area contributed by atoms with E-state index in [1.807, 2.05) is 6.07 Å². The van der Waals surface area contributed by atoms with Crippen molar-refractivity contribution < 1.29 is 9.18 Å². The molecule has 0 aliphatic heterocycles. The lowest BCUT2D eigenvalue weighted by molar-refractivity contribution is 0.104. The van der Waals surface area contributed by atoms with E-state index in [0.29, 0.717) is 11.1 Å². The fourth-order valence-electron chi connectivity index (χ4n) is 2.00. The molecule has 7 heteroatoms. The molecule has 0 amide bonds. The average Bonchev–Trinajstić information content (AvgIpc) is 3.25. The first-order valence-corrected chi connectivity index (χ1v) is 7.46. The standard InChI is InChI=1S/C16H9FN4OS/c17-14-6-11(1-2-15(14)21-10-19-9-20-21)5-13(7-18)16(22)12-3-4-23-8-12/h1-6,8-10H/b13-5+. The van der Waals surface area contributed by atoms with Gasteiger partial charge in [-0.1, -0.05) is 6.07 Å². The van der Waals surface area contributed by atoms with E-state index >= 15 is 0 Å². The summed E-state index contributed by atoms with van der Waals surface area (Å²) < 4.78 is 15.5. The summed E-state index contributed by atoms with van der Waals surface area (Å²) in [6, 6.07) is 7.88. The minimum absolute atomic E-state index is 0.0451. The third-order valence-corrected chi connectivity index (χ3v) is 3.78. The highest BCUT2D eigenvalue weighted by molar-refractivity contribution is 7.08. The molecule has 0 spiro atoms. The number of rotatable bonds is 4. The fourth-order valence-corrected chi connectivity index (χ4v) is 2.63. The monoisotopic (exact) mass is 324 g/mol. The van der Waals surface area contributed by atoms with Crippen molar-refractivity contribution in [1.82, 2.24) is 14.8 Å². The number of ketones is 1. The van der Waals surface area contributed by atoms with Crippen LogP contribution in [-0.4, -0.2) is 20.5 Å². The molecule has 0 bridgehead atoms. The van der Waals surface area contributed by atoms with Gasteiger partial charge in [-0.15, -0.1) is 0 Å². The fraction of sp³-hybridized carbons (Fsp3) is 0. The highest BCUT2D eigenvalue weighted by atomic mass is 32.1. The average molecular weight is 324 g/mol. The van der Waals surface area contributed by atoms with Crippen molar-refractivity contribution in [3.8, 4) is 11.8 Å². The highest BCUT2D eigenvalue weighted by Gasteiger charge is 2.13. The summed E-state index contributed by atoms with van der Waals surface area (Å²) in [6.45, 7) is 0. The quantitative estimate of drug-likeness (QED) is 0.419. The molecule has 0 aliphatic carbocycles. The van der Waals surface area contributed by atoms with E-state index in [1.54, 1.807) is 22.9 Å². The van der Waals surface area contributed by atoms with Gasteiger partial charge in [-0.2, -0.15) is 21.7 Å². The van der Waals surface area contributed by atoms with Crippen LogP contribution in [0.25, 0.3) is 11.8 Å². The number of carbonyl (C=O) groups excluding carboxylic acids is 1. The molecule has 0 saturated carbocycles. The molecule has 0 unspecified atom stereocenters. The topological polar surface area (TPSA) is 71.6 Å². The number of hydrogen-bond acceptors (Lipinski definition) is 5. The molecule has 0 radical (unpaired) electrons. The van der Waals surface area contributed by atoms with Crippen LogP contribution in [0.3, 0.4) is 0 Å². The Bertz CT molecular complexity index is 908. The van der Waals surface area contributed by atoms with Crippen LogP contribution >= 0.6 is 11.3 Å². The van der Waals surface area contributed by atoms with E-state index in [0.717, 1.165) is 0 Å². The Labute approximate surface area is 135 Å². The lowest BCUT2D eigenvalue weighted by Gasteiger charge is -2.04. The second-order valence-electron chi connectivity index (χ2n) is 4.56. The summed E-state index contributed by atoms with van der Waals surface area (Å²) in [6.07, 6.45) is 4.06. The Morgan fingerprint density at radius 1 is 1.39 bits per heavy atom. The lowest BCUT2D eigenvalue weighted by Crippen LogP contribution is -2.01. The number of allylic oxidation sites excluding steroid dienone is 1. The maximum atomic E-state index is 14.2. The van der Waals surface area contributed by atoms with E-state index < -0.39 is 5.82 Å². The number of aromatic nitrogens is 3. The zero-order chi connectivity index (χ0) is 16.2. The molecule has 0 saturated heterocycles. The van der Waals surface area contributed by atoms with Gasteiger partial charge in [-0.05, 0) is 35.2 Å². The highest BCUT2D eigenvalue weighted by Crippen LogP contribution is 2.18. The summed E-state index contributed by atoms with van der Waals surface area (Å²) in [5.74, 6) is -0.904. The summed E-state index contributed by atoms with van der Waals surface area (Å²) in [7, 11) is 0. The molecule has 3 rings (SSSR count). The Morgan fingerprint density at radius 3 is 2.87 bits per heavy atom. The van der Waals surface area contributed by atoms with Crippen molar-refractivity contribution >= 4 is 23.2 Å². The molecule has 2 heterocycles. The molecule has 3 aromatic rings. The number of halogens is 1. The van der Waals surface area contributed by atoms with Crippen molar-refractivity contribution in [2.45, 2.75) is 0 Å². The lowest BCUT2D eigenvalue weighted by atomic mass is 10.0. The van der Waals surface area contributed by atoms with Crippen LogP contribution in [-0.2, 0) is 0 Å². The molecule has 5 nitrogen and oxygen atoms in total. The number of Topliss-reactive ketones (excluding diaryl/α,β-unsaturated/α-hetero) is 1. The maximum absolute atomic E-state index is 14.2. The van der Waals surface area contributed by atoms with Crippen molar-refractivity contribution in [1.29, 1.82) is 5.26 Å². The summed E-state index contributed by atoms with van der Waals surface area (Å²) in [5.41, 5.74) is 1.06. The van der Waals surface area contributed by atoms with E-state index in [4.69, 9.17) is 0 Å². The molecule has 2 aromatic heterocycles. The van der Waals surface area contributed by atoms with Gasteiger partial charge in [0.2, 0.25) is 5.78 Å². The Kier molecular flexibility index (Phi) is 4.08. The summed E-state index contributed by atoms with van der Waals surface area (Å²) in [4.78, 5) is 15.9. The predicted molar refractivity (Wildman–Crippen MR) is 83.6 cm³/mol. The first-order valence-electron chi connectivity index (χ1n) is 6.52. The van der Waals surface area contributed by atoms with E-state index in [-0.39, 0.29) is 17.0 Å². The molecular formula is C16H9FN4OS. The maximum Gasteiger partial charge on any atom is 0.204 e. The van der Waals surface area contributed by atoms with Crippen molar-refractivity contribution in [2.75, 3.05) is 0 Å². The third kappa shape index (κ3) is 3.07. The smallest absolute Gasteiger partial charge is 0.204 e. The Morgan fingerprint density at radius 2 is 2.26 bits per heavy atom. The van der Waals surface area contributed by atoms with Gasteiger partial charge in [0.1, 0.15) is 35.8 Å². The van der Waals surface area contributed by atoms with Crippen molar-refractivity contribution in [3.05, 3.63) is 70.2 Å². The summed E-state index contributed by atoms with van der Waals surface area (Å²) >= 11 is 1.37. The minimum atomic E-state index is -0.524. The predicted octanol–water partition coefficient (Wildman–Crippen LogP) is 3.26. The van der Waals surface area contributed by atoms with Crippen molar-refractivity contribution in [2.24, 2.45) is 0 Å². The number of nitriles is 1. The van der Waals surface area contributed by atoms with Gasteiger partial charge >= 0.3 is 0 Å². The molecule has 0 fully saturated rings. The van der Waals surface area contributed by atoms with Crippen LogP contribution in [0.5, 0.6) is 0 Å². The number of thiophene rings is 1. The number of carbonyl (C=O) groups is 1. The van der Waals surface area contributed by atoms with E-state index in [1.165, 1.54) is 46.9 Å². The normalized spacial score (nSPS) is 11.2. The Balaban J connectivity index is 1.94. The SMILES string of the molecule is N#C/C(=C\c1ccc(-n2cncn2)c(F)c1)C(=O)c1ccsc1. The van der Waals surface area contributed by atoms with Crippen LogP contribution in [0.15, 0.2) is 53.3 Å². The van der Waals surface area contributed by atoms with Crippen LogP contribution in [0.2, 0.25) is 0 Å². The van der Waals surface area contributed by atoms with E-state index in [9.17, 15) is 14.4 Å². The van der Waals surface area contributed by atoms with Crippen LogP contribution in [0, 0.1) is 17.1 Å². The van der Waals surface area contributed by atoms with Gasteiger partial charge in [-0.3, -0.25) is 4.79 Å². The molecule has 0 atom stereocenters. The van der Waals surface area contributed by atoms with Crippen molar-refractivity contribution in [3.63, 3.8) is 0 Å². The van der Waals surface area contributed by atoms with Crippen LogP contribution < -0.4 is 0 Å². The third-order valence-electron chi connectivity index (χ3n) is 3.10. The molecule has 0 N–H and O–H groups in total. The van der Waals surface area contributed by atoms with Gasteiger partial charge in [0.05, 0.1) is 0 Å². The van der Waals surface area contributed by atoms with Gasteiger partial charge in [0.15, 0.2) is 0 Å². The summed E-state index contributed by atoms with van der Waals surface area (Å²) in [5, 5.41) is 16.5. The molecule has 1 aromatic carbocycles. The zero-order valence-corrected chi connectivity index (χ0v) is 12.5. The molecule has 23 heavy (non-hydrogen) atoms. The minimum Gasteiger partial charge on any atom is -0.288 e. The second-order valence-corrected chi connectivity index (χ2v) is 5.34.